The van der Waals surface area contributed by atoms with E-state index in [-0.39, 0.29) is 11.4 Å². The molecule has 1 aromatic carbocycles. The lowest BCUT2D eigenvalue weighted by molar-refractivity contribution is 0.0210. The number of nitrogens with zero attached hydrogens (tertiary/aromatic N) is 2. The predicted molar refractivity (Wildman–Crippen MR) is 112 cm³/mol. The number of hydrogen-bond donors (Lipinski definition) is 3. The molecule has 2 aliphatic rings. The summed E-state index contributed by atoms with van der Waals surface area (Å²) >= 11 is 0. The van der Waals surface area contributed by atoms with Crippen molar-refractivity contribution in [2.75, 3.05) is 20.1 Å². The molecule has 6 nitrogen and oxygen atoms in total. The molecule has 0 atom stereocenters. The molecule has 0 saturated carbocycles. The van der Waals surface area contributed by atoms with Gasteiger partial charge in [-0.25, -0.2) is 5.01 Å². The summed E-state index contributed by atoms with van der Waals surface area (Å²) < 4.78 is 6.31. The SMILES string of the molecule is C=C1OC2(C=C(c3cccc(C(=N)N(C)N=N)c3)/C1=C/C=C\C)CCNCC2. The van der Waals surface area contributed by atoms with Crippen LogP contribution < -0.4 is 5.32 Å². The molecule has 3 N–H and O–H groups in total. The van der Waals surface area contributed by atoms with Crippen molar-refractivity contribution < 1.29 is 4.74 Å². The fraction of sp³-hybridized carbons (Fsp3) is 0.318. The van der Waals surface area contributed by atoms with Gasteiger partial charge in [0.15, 0.2) is 0 Å². The van der Waals surface area contributed by atoms with Crippen LogP contribution in [0.3, 0.4) is 0 Å². The molecule has 2 aliphatic heterocycles. The Morgan fingerprint density at radius 2 is 2.11 bits per heavy atom. The van der Waals surface area contributed by atoms with Crippen LogP contribution in [0.15, 0.2) is 71.7 Å². The Labute approximate surface area is 166 Å². The first-order valence-corrected chi connectivity index (χ1v) is 9.45. The van der Waals surface area contributed by atoms with E-state index in [1.54, 1.807) is 7.05 Å². The summed E-state index contributed by atoms with van der Waals surface area (Å²) in [5, 5.41) is 16.2. The molecular formula is C22H27N5O. The van der Waals surface area contributed by atoms with Crippen molar-refractivity contribution in [1.82, 2.24) is 10.3 Å². The highest BCUT2D eigenvalue weighted by atomic mass is 16.5. The van der Waals surface area contributed by atoms with Gasteiger partial charge < -0.3 is 10.1 Å². The Bertz CT molecular complexity index is 875. The van der Waals surface area contributed by atoms with Crippen molar-refractivity contribution in [3.05, 3.63) is 77.6 Å². The number of hydrogen-bond acceptors (Lipinski definition) is 5. The average Bonchev–Trinajstić information content (AvgIpc) is 2.72. The number of nitrogens with one attached hydrogen (secondary N) is 3. The smallest absolute Gasteiger partial charge is 0.149 e. The van der Waals surface area contributed by atoms with Crippen molar-refractivity contribution in [1.29, 1.82) is 10.9 Å². The van der Waals surface area contributed by atoms with E-state index in [0.29, 0.717) is 11.3 Å². The maximum absolute atomic E-state index is 8.25. The lowest BCUT2D eigenvalue weighted by Gasteiger charge is -2.41. The maximum Gasteiger partial charge on any atom is 0.149 e. The van der Waals surface area contributed by atoms with Crippen molar-refractivity contribution in [3.63, 3.8) is 0 Å². The number of rotatable bonds is 4. The molecular weight excluding hydrogens is 350 g/mol. The molecule has 3 rings (SSSR count). The second-order valence-electron chi connectivity index (χ2n) is 7.06. The molecule has 0 amide bonds. The van der Waals surface area contributed by atoms with Crippen LogP contribution in [0, 0.1) is 10.9 Å². The van der Waals surface area contributed by atoms with E-state index >= 15 is 0 Å². The Balaban J connectivity index is 2.10. The van der Waals surface area contributed by atoms with Crippen LogP contribution >= 0.6 is 0 Å². The molecule has 0 aromatic heterocycles. The first-order valence-electron chi connectivity index (χ1n) is 9.45. The van der Waals surface area contributed by atoms with E-state index in [9.17, 15) is 0 Å². The first kappa shape index (κ1) is 19.8. The Morgan fingerprint density at radius 3 is 2.79 bits per heavy atom. The largest absolute Gasteiger partial charge is 0.483 e. The molecule has 0 aliphatic carbocycles. The maximum atomic E-state index is 8.25. The molecule has 1 fully saturated rings. The molecule has 0 bridgehead atoms. The zero-order valence-corrected chi connectivity index (χ0v) is 16.5. The Morgan fingerprint density at radius 1 is 1.36 bits per heavy atom. The van der Waals surface area contributed by atoms with Crippen LogP contribution in [0.1, 0.15) is 30.9 Å². The van der Waals surface area contributed by atoms with Gasteiger partial charge in [-0.05, 0) is 43.3 Å². The monoisotopic (exact) mass is 377 g/mol. The third-order valence-corrected chi connectivity index (χ3v) is 5.15. The Kier molecular flexibility index (Phi) is 5.90. The zero-order chi connectivity index (χ0) is 20.1. The van der Waals surface area contributed by atoms with Gasteiger partial charge in [0.1, 0.15) is 17.2 Å². The summed E-state index contributed by atoms with van der Waals surface area (Å²) in [7, 11) is 1.60. The van der Waals surface area contributed by atoms with Gasteiger partial charge in [0.2, 0.25) is 0 Å². The Hall–Kier alpha value is -2.99. The van der Waals surface area contributed by atoms with Gasteiger partial charge in [0.05, 0.1) is 0 Å². The highest BCUT2D eigenvalue weighted by molar-refractivity contribution is 5.97. The van der Waals surface area contributed by atoms with Crippen molar-refractivity contribution in [3.8, 4) is 0 Å². The van der Waals surface area contributed by atoms with Crippen LogP contribution in [-0.2, 0) is 4.74 Å². The summed E-state index contributed by atoms with van der Waals surface area (Å²) in [6.45, 7) is 7.99. The number of benzene rings is 1. The lowest BCUT2D eigenvalue weighted by atomic mass is 9.82. The third-order valence-electron chi connectivity index (χ3n) is 5.15. The standard InChI is InChI=1S/C22H27N5O/c1-4-5-9-19-16(2)28-22(10-12-25-13-11-22)15-20(19)17-7-6-8-18(14-17)21(23)27(3)26-24/h4-9,14-15,23-25H,2,10-13H2,1,3H3/b5-4-,19-9+,23-21?,26-24?. The molecule has 1 aromatic rings. The highest BCUT2D eigenvalue weighted by Gasteiger charge is 2.37. The summed E-state index contributed by atoms with van der Waals surface area (Å²) in [5.74, 6) is 0.857. The number of ether oxygens (including phenoxy) is 1. The van der Waals surface area contributed by atoms with E-state index in [0.717, 1.165) is 42.6 Å². The van der Waals surface area contributed by atoms with Gasteiger partial charge in [0.25, 0.3) is 0 Å². The summed E-state index contributed by atoms with van der Waals surface area (Å²) in [4.78, 5) is 0. The van der Waals surface area contributed by atoms with E-state index in [2.05, 4.69) is 23.2 Å². The van der Waals surface area contributed by atoms with Crippen LogP contribution in [0.4, 0.5) is 0 Å². The highest BCUT2D eigenvalue weighted by Crippen LogP contribution is 2.42. The van der Waals surface area contributed by atoms with Gasteiger partial charge >= 0.3 is 0 Å². The number of allylic oxidation sites excluding steroid dienone is 4. The fourth-order valence-corrected chi connectivity index (χ4v) is 3.60. The van der Waals surface area contributed by atoms with Gasteiger partial charge in [-0.15, -0.1) is 0 Å². The first-order chi connectivity index (χ1) is 13.5. The van der Waals surface area contributed by atoms with Crippen LogP contribution in [0.5, 0.6) is 0 Å². The van der Waals surface area contributed by atoms with Gasteiger partial charge in [-0.2, -0.15) is 5.53 Å². The molecule has 146 valence electrons. The van der Waals surface area contributed by atoms with Crippen LogP contribution in [0.25, 0.3) is 5.57 Å². The van der Waals surface area contributed by atoms with Gasteiger partial charge in [0, 0.05) is 31.0 Å². The molecule has 1 saturated heterocycles. The second-order valence-corrected chi connectivity index (χ2v) is 7.06. The predicted octanol–water partition coefficient (Wildman–Crippen LogP) is 4.44. The number of amidine groups is 1. The van der Waals surface area contributed by atoms with Crippen molar-refractivity contribution >= 4 is 11.4 Å². The lowest BCUT2D eigenvalue weighted by Crippen LogP contribution is -2.44. The minimum atomic E-state index is -0.345. The fourth-order valence-electron chi connectivity index (χ4n) is 3.60. The molecule has 28 heavy (non-hydrogen) atoms. The molecule has 6 heteroatoms. The summed E-state index contributed by atoms with van der Waals surface area (Å²) in [5.41, 5.74) is 10.5. The van der Waals surface area contributed by atoms with Gasteiger partial charge in [-0.3, -0.25) is 5.41 Å². The van der Waals surface area contributed by atoms with Crippen LogP contribution in [-0.4, -0.2) is 36.6 Å². The van der Waals surface area contributed by atoms with E-state index < -0.39 is 0 Å². The van der Waals surface area contributed by atoms with Crippen molar-refractivity contribution in [2.45, 2.75) is 25.4 Å². The molecule has 2 heterocycles. The number of piperidine rings is 1. The van der Waals surface area contributed by atoms with E-state index in [1.165, 1.54) is 5.01 Å². The molecule has 0 radical (unpaired) electrons. The van der Waals surface area contributed by atoms with Crippen molar-refractivity contribution in [2.24, 2.45) is 5.22 Å². The minimum Gasteiger partial charge on any atom is -0.483 e. The minimum absolute atomic E-state index is 0.180. The molecule has 0 unspecified atom stereocenters. The van der Waals surface area contributed by atoms with E-state index in [4.69, 9.17) is 15.7 Å². The second kappa shape index (κ2) is 8.35. The van der Waals surface area contributed by atoms with Crippen LogP contribution in [0.2, 0.25) is 0 Å². The molecule has 1 spiro atoms. The third kappa shape index (κ3) is 3.97. The summed E-state index contributed by atoms with van der Waals surface area (Å²) in [6.07, 6.45) is 9.98. The summed E-state index contributed by atoms with van der Waals surface area (Å²) in [6, 6.07) is 7.79. The average molecular weight is 377 g/mol. The van der Waals surface area contributed by atoms with Gasteiger partial charge in [-0.1, -0.05) is 48.2 Å². The normalized spacial score (nSPS) is 20.1. The van der Waals surface area contributed by atoms with E-state index in [1.807, 2.05) is 49.4 Å². The zero-order valence-electron chi connectivity index (χ0n) is 16.5. The quantitative estimate of drug-likeness (QED) is 0.314. The topological polar surface area (TPSA) is 84.6 Å².